The lowest BCUT2D eigenvalue weighted by molar-refractivity contribution is -0.178. The SMILES string of the molecule is COc1ccccc1C1(CO)CCO1. The molecule has 1 unspecified atom stereocenters. The van der Waals surface area contributed by atoms with E-state index in [1.165, 1.54) is 0 Å². The largest absolute Gasteiger partial charge is 0.496 e. The van der Waals surface area contributed by atoms with Crippen molar-refractivity contribution < 1.29 is 14.6 Å². The summed E-state index contributed by atoms with van der Waals surface area (Å²) in [6, 6.07) is 7.66. The van der Waals surface area contributed by atoms with Crippen molar-refractivity contribution in [3.63, 3.8) is 0 Å². The van der Waals surface area contributed by atoms with Crippen molar-refractivity contribution in [1.29, 1.82) is 0 Å². The Bertz CT molecular complexity index is 313. The van der Waals surface area contributed by atoms with E-state index in [2.05, 4.69) is 0 Å². The monoisotopic (exact) mass is 194 g/mol. The van der Waals surface area contributed by atoms with Gasteiger partial charge < -0.3 is 14.6 Å². The topological polar surface area (TPSA) is 38.7 Å². The summed E-state index contributed by atoms with van der Waals surface area (Å²) in [4.78, 5) is 0. The minimum Gasteiger partial charge on any atom is -0.496 e. The Hall–Kier alpha value is -1.06. The van der Waals surface area contributed by atoms with Crippen LogP contribution in [0, 0.1) is 0 Å². The molecular formula is C11H14O3. The highest BCUT2D eigenvalue weighted by Crippen LogP contribution is 2.41. The van der Waals surface area contributed by atoms with E-state index in [4.69, 9.17) is 9.47 Å². The molecule has 0 saturated carbocycles. The Morgan fingerprint density at radius 1 is 1.50 bits per heavy atom. The number of ether oxygens (including phenoxy) is 2. The predicted octanol–water partition coefficient (Wildman–Crippen LogP) is 1.30. The van der Waals surface area contributed by atoms with E-state index in [0.717, 1.165) is 17.7 Å². The molecule has 0 amide bonds. The summed E-state index contributed by atoms with van der Waals surface area (Å²) >= 11 is 0. The van der Waals surface area contributed by atoms with Crippen LogP contribution in [0.3, 0.4) is 0 Å². The average Bonchev–Trinajstić information content (AvgIpc) is 2.18. The fraction of sp³-hybridized carbons (Fsp3) is 0.455. The van der Waals surface area contributed by atoms with Gasteiger partial charge in [-0.1, -0.05) is 18.2 Å². The summed E-state index contributed by atoms with van der Waals surface area (Å²) in [6.45, 7) is 0.714. The highest BCUT2D eigenvalue weighted by Gasteiger charge is 2.41. The summed E-state index contributed by atoms with van der Waals surface area (Å²) in [5.74, 6) is 0.779. The standard InChI is InChI=1S/C11H14O3/c1-13-10-5-3-2-4-9(10)11(8-12)6-7-14-11/h2-5,12H,6-8H2,1H3. The molecule has 1 fully saturated rings. The molecule has 1 N–H and O–H groups in total. The summed E-state index contributed by atoms with van der Waals surface area (Å²) in [6.07, 6.45) is 0.851. The Labute approximate surface area is 83.3 Å². The van der Waals surface area contributed by atoms with Gasteiger partial charge in [0.15, 0.2) is 0 Å². The molecule has 3 nitrogen and oxygen atoms in total. The number of hydrogen-bond donors (Lipinski definition) is 1. The van der Waals surface area contributed by atoms with Gasteiger partial charge in [0.05, 0.1) is 20.3 Å². The van der Waals surface area contributed by atoms with E-state index in [9.17, 15) is 5.11 Å². The molecule has 1 saturated heterocycles. The van der Waals surface area contributed by atoms with Crippen molar-refractivity contribution in [2.45, 2.75) is 12.0 Å². The number of rotatable bonds is 3. The number of aliphatic hydroxyl groups excluding tert-OH is 1. The van der Waals surface area contributed by atoms with Crippen molar-refractivity contribution in [3.05, 3.63) is 29.8 Å². The maximum atomic E-state index is 9.33. The molecule has 1 aromatic rings. The van der Waals surface area contributed by atoms with Gasteiger partial charge in [-0.15, -0.1) is 0 Å². The zero-order valence-electron chi connectivity index (χ0n) is 8.19. The predicted molar refractivity (Wildman–Crippen MR) is 52.3 cm³/mol. The first-order valence-electron chi connectivity index (χ1n) is 4.71. The zero-order chi connectivity index (χ0) is 10.0. The fourth-order valence-corrected chi connectivity index (χ4v) is 1.79. The zero-order valence-corrected chi connectivity index (χ0v) is 8.19. The molecule has 1 heterocycles. The van der Waals surface area contributed by atoms with Gasteiger partial charge in [0.2, 0.25) is 0 Å². The number of methoxy groups -OCH3 is 1. The summed E-state index contributed by atoms with van der Waals surface area (Å²) in [5, 5.41) is 9.33. The second-order valence-corrected chi connectivity index (χ2v) is 3.45. The van der Waals surface area contributed by atoms with Crippen LogP contribution in [0.1, 0.15) is 12.0 Å². The van der Waals surface area contributed by atoms with Crippen LogP contribution < -0.4 is 4.74 Å². The molecule has 0 aromatic heterocycles. The molecule has 14 heavy (non-hydrogen) atoms. The lowest BCUT2D eigenvalue weighted by Crippen LogP contribution is -2.44. The first-order valence-corrected chi connectivity index (χ1v) is 4.71. The third kappa shape index (κ3) is 1.29. The smallest absolute Gasteiger partial charge is 0.125 e. The second-order valence-electron chi connectivity index (χ2n) is 3.45. The van der Waals surface area contributed by atoms with Gasteiger partial charge >= 0.3 is 0 Å². The van der Waals surface area contributed by atoms with Gasteiger partial charge in [-0.05, 0) is 6.07 Å². The second kappa shape index (κ2) is 3.59. The molecule has 0 radical (unpaired) electrons. The fourth-order valence-electron chi connectivity index (χ4n) is 1.79. The van der Waals surface area contributed by atoms with Gasteiger partial charge in [0.1, 0.15) is 11.4 Å². The van der Waals surface area contributed by atoms with Crippen molar-refractivity contribution >= 4 is 0 Å². The van der Waals surface area contributed by atoms with Gasteiger partial charge in [0, 0.05) is 12.0 Å². The van der Waals surface area contributed by atoms with E-state index in [1.807, 2.05) is 24.3 Å². The molecule has 2 rings (SSSR count). The van der Waals surface area contributed by atoms with Gasteiger partial charge in [-0.2, -0.15) is 0 Å². The molecule has 1 aliphatic rings. The first kappa shape index (κ1) is 9.49. The molecule has 0 spiro atoms. The number of aliphatic hydroxyl groups is 1. The van der Waals surface area contributed by atoms with E-state index in [-0.39, 0.29) is 6.61 Å². The quantitative estimate of drug-likeness (QED) is 0.788. The van der Waals surface area contributed by atoms with Crippen LogP contribution in [0.2, 0.25) is 0 Å². The molecule has 1 atom stereocenters. The lowest BCUT2D eigenvalue weighted by atomic mass is 9.86. The van der Waals surface area contributed by atoms with E-state index < -0.39 is 5.60 Å². The van der Waals surface area contributed by atoms with Crippen molar-refractivity contribution in [2.24, 2.45) is 0 Å². The molecule has 76 valence electrons. The van der Waals surface area contributed by atoms with E-state index in [0.29, 0.717) is 6.61 Å². The summed E-state index contributed by atoms with van der Waals surface area (Å²) < 4.78 is 10.7. The van der Waals surface area contributed by atoms with Crippen molar-refractivity contribution in [2.75, 3.05) is 20.3 Å². The normalized spacial score (nSPS) is 25.6. The number of para-hydroxylation sites is 1. The van der Waals surface area contributed by atoms with Crippen LogP contribution in [0.5, 0.6) is 5.75 Å². The van der Waals surface area contributed by atoms with Crippen molar-refractivity contribution in [3.8, 4) is 5.75 Å². The molecule has 0 aliphatic carbocycles. The van der Waals surface area contributed by atoms with Crippen LogP contribution >= 0.6 is 0 Å². The molecular weight excluding hydrogens is 180 g/mol. The molecule has 1 aliphatic heterocycles. The number of hydrogen-bond acceptors (Lipinski definition) is 3. The minimum atomic E-state index is -0.521. The number of benzene rings is 1. The lowest BCUT2D eigenvalue weighted by Gasteiger charge is -2.41. The summed E-state index contributed by atoms with van der Waals surface area (Å²) in [7, 11) is 1.63. The Balaban J connectivity index is 2.38. The summed E-state index contributed by atoms with van der Waals surface area (Å²) in [5.41, 5.74) is 0.420. The highest BCUT2D eigenvalue weighted by molar-refractivity contribution is 5.39. The molecule has 1 aromatic carbocycles. The Morgan fingerprint density at radius 3 is 2.71 bits per heavy atom. The first-order chi connectivity index (χ1) is 6.82. The van der Waals surface area contributed by atoms with Crippen LogP contribution in [0.15, 0.2) is 24.3 Å². The van der Waals surface area contributed by atoms with Crippen LogP contribution in [0.25, 0.3) is 0 Å². The maximum absolute atomic E-state index is 9.33. The third-order valence-corrected chi connectivity index (χ3v) is 2.74. The van der Waals surface area contributed by atoms with Crippen LogP contribution in [-0.2, 0) is 10.3 Å². The van der Waals surface area contributed by atoms with E-state index >= 15 is 0 Å². The van der Waals surface area contributed by atoms with Gasteiger partial charge in [-0.25, -0.2) is 0 Å². The Kier molecular flexibility index (Phi) is 2.44. The average molecular weight is 194 g/mol. The molecule has 3 heteroatoms. The highest BCUT2D eigenvalue weighted by atomic mass is 16.5. The molecule has 0 bridgehead atoms. The van der Waals surface area contributed by atoms with Gasteiger partial charge in [0.25, 0.3) is 0 Å². The maximum Gasteiger partial charge on any atom is 0.125 e. The Morgan fingerprint density at radius 2 is 2.21 bits per heavy atom. The minimum absolute atomic E-state index is 0.00731. The van der Waals surface area contributed by atoms with Gasteiger partial charge in [-0.3, -0.25) is 0 Å². The van der Waals surface area contributed by atoms with Crippen LogP contribution in [0.4, 0.5) is 0 Å². The third-order valence-electron chi connectivity index (χ3n) is 2.74. The van der Waals surface area contributed by atoms with Crippen LogP contribution in [-0.4, -0.2) is 25.4 Å². The van der Waals surface area contributed by atoms with E-state index in [1.54, 1.807) is 7.11 Å². The van der Waals surface area contributed by atoms with Crippen molar-refractivity contribution in [1.82, 2.24) is 0 Å².